The number of hydrogen-bond donors (Lipinski definition) is 3. The van der Waals surface area contributed by atoms with E-state index in [1.807, 2.05) is 6.07 Å². The van der Waals surface area contributed by atoms with Crippen molar-refractivity contribution in [2.45, 2.75) is 0 Å². The number of nitrogens with one attached hydrogen (secondary N) is 3. The molecule has 0 aromatic carbocycles. The number of rotatable bonds is 1. The lowest BCUT2D eigenvalue weighted by molar-refractivity contribution is 0.254. The third kappa shape index (κ3) is 1.51. The quantitative estimate of drug-likeness (QED) is 0.528. The number of amides is 2. The van der Waals surface area contributed by atoms with Crippen molar-refractivity contribution < 1.29 is 4.79 Å². The van der Waals surface area contributed by atoms with Gasteiger partial charge in [-0.05, 0) is 12.1 Å². The molecule has 54 valence electrons. The number of carbonyl (C=O) groups is 1. The van der Waals surface area contributed by atoms with Gasteiger partial charge in [-0.2, -0.15) is 0 Å². The van der Waals surface area contributed by atoms with Crippen LogP contribution < -0.4 is 10.6 Å². The highest BCUT2D eigenvalue weighted by molar-refractivity contribution is 5.87. The largest absolute Gasteiger partial charge is 0.348 e. The summed E-state index contributed by atoms with van der Waals surface area (Å²) in [5.41, 5.74) is 0. The molecular weight excluding hydrogens is 130 g/mol. The number of hydrogen-bond acceptors (Lipinski definition) is 1. The Balaban J connectivity index is 2.48. The summed E-state index contributed by atoms with van der Waals surface area (Å²) < 4.78 is 0. The minimum atomic E-state index is -0.220. The average Bonchev–Trinajstić information content (AvgIpc) is 2.40. The zero-order valence-electron chi connectivity index (χ0n) is 5.64. The third-order valence-electron chi connectivity index (χ3n) is 1.07. The smallest absolute Gasteiger partial charge is 0.320 e. The Hall–Kier alpha value is -1.45. The molecule has 0 bridgehead atoms. The monoisotopic (exact) mass is 139 g/mol. The molecule has 0 aliphatic rings. The highest BCUT2D eigenvalue weighted by Gasteiger charge is 1.95. The molecule has 1 rings (SSSR count). The molecule has 0 fully saturated rings. The Morgan fingerprint density at radius 3 is 3.00 bits per heavy atom. The van der Waals surface area contributed by atoms with Gasteiger partial charge in [-0.3, -0.25) is 5.32 Å². The van der Waals surface area contributed by atoms with Crippen molar-refractivity contribution in [3.05, 3.63) is 18.3 Å². The molecule has 1 aromatic heterocycles. The maximum atomic E-state index is 10.6. The molecule has 0 atom stereocenters. The first-order valence-electron chi connectivity index (χ1n) is 2.95. The summed E-state index contributed by atoms with van der Waals surface area (Å²) in [6.45, 7) is 0. The van der Waals surface area contributed by atoms with E-state index in [2.05, 4.69) is 15.6 Å². The van der Waals surface area contributed by atoms with Crippen LogP contribution in [0, 0.1) is 0 Å². The van der Waals surface area contributed by atoms with E-state index in [9.17, 15) is 4.79 Å². The second kappa shape index (κ2) is 2.91. The Kier molecular flexibility index (Phi) is 1.94. The van der Waals surface area contributed by atoms with E-state index < -0.39 is 0 Å². The first-order chi connectivity index (χ1) is 4.83. The van der Waals surface area contributed by atoms with Gasteiger partial charge in [-0.15, -0.1) is 0 Å². The molecule has 2 amide bonds. The number of urea groups is 1. The molecule has 4 nitrogen and oxygen atoms in total. The molecule has 1 heterocycles. The summed E-state index contributed by atoms with van der Waals surface area (Å²) in [4.78, 5) is 13.5. The van der Waals surface area contributed by atoms with E-state index in [-0.39, 0.29) is 6.03 Å². The first-order valence-corrected chi connectivity index (χ1v) is 2.95. The van der Waals surface area contributed by atoms with E-state index in [0.717, 1.165) is 0 Å². The Morgan fingerprint density at radius 1 is 1.70 bits per heavy atom. The summed E-state index contributed by atoms with van der Waals surface area (Å²) in [5.74, 6) is 0.694. The molecule has 3 N–H and O–H groups in total. The van der Waals surface area contributed by atoms with Crippen LogP contribution in [0.5, 0.6) is 0 Å². The Bertz CT molecular complexity index is 205. The fourth-order valence-corrected chi connectivity index (χ4v) is 0.593. The molecule has 0 saturated carbocycles. The van der Waals surface area contributed by atoms with Gasteiger partial charge in [-0.25, -0.2) is 4.79 Å². The van der Waals surface area contributed by atoms with Crippen LogP contribution in [0.4, 0.5) is 10.6 Å². The molecular formula is C6H9N3O. The third-order valence-corrected chi connectivity index (χ3v) is 1.07. The number of anilines is 1. The van der Waals surface area contributed by atoms with Gasteiger partial charge in [0, 0.05) is 13.2 Å². The minimum Gasteiger partial charge on any atom is -0.348 e. The lowest BCUT2D eigenvalue weighted by Crippen LogP contribution is -2.24. The molecule has 1 aromatic rings. The van der Waals surface area contributed by atoms with Crippen LogP contribution in [0.25, 0.3) is 0 Å². The molecule has 0 spiro atoms. The lowest BCUT2D eigenvalue weighted by atomic mass is 10.6. The van der Waals surface area contributed by atoms with Gasteiger partial charge in [0.15, 0.2) is 0 Å². The number of aromatic nitrogens is 1. The first kappa shape index (κ1) is 6.67. The van der Waals surface area contributed by atoms with Crippen molar-refractivity contribution in [3.8, 4) is 0 Å². The second-order valence-corrected chi connectivity index (χ2v) is 1.79. The molecule has 0 saturated heterocycles. The number of H-pyrrole nitrogens is 1. The van der Waals surface area contributed by atoms with E-state index in [0.29, 0.717) is 5.82 Å². The zero-order chi connectivity index (χ0) is 7.40. The van der Waals surface area contributed by atoms with Gasteiger partial charge in [0.25, 0.3) is 0 Å². The minimum absolute atomic E-state index is 0.220. The van der Waals surface area contributed by atoms with E-state index in [4.69, 9.17) is 0 Å². The summed E-state index contributed by atoms with van der Waals surface area (Å²) in [5, 5.41) is 5.00. The maximum Gasteiger partial charge on any atom is 0.320 e. The van der Waals surface area contributed by atoms with Crippen molar-refractivity contribution in [3.63, 3.8) is 0 Å². The fourth-order valence-electron chi connectivity index (χ4n) is 0.593. The molecule has 0 radical (unpaired) electrons. The van der Waals surface area contributed by atoms with E-state index >= 15 is 0 Å². The van der Waals surface area contributed by atoms with Crippen molar-refractivity contribution >= 4 is 11.8 Å². The second-order valence-electron chi connectivity index (χ2n) is 1.79. The fraction of sp³-hybridized carbons (Fsp3) is 0.167. The molecule has 0 aliphatic heterocycles. The van der Waals surface area contributed by atoms with E-state index in [1.165, 1.54) is 0 Å². The summed E-state index contributed by atoms with van der Waals surface area (Å²) >= 11 is 0. The SMILES string of the molecule is CNC(=O)Nc1ccc[nH]1. The van der Waals surface area contributed by atoms with Crippen LogP contribution in [0.2, 0.25) is 0 Å². The molecule has 10 heavy (non-hydrogen) atoms. The highest BCUT2D eigenvalue weighted by Crippen LogP contribution is 1.99. The summed E-state index contributed by atoms with van der Waals surface area (Å²) in [7, 11) is 1.57. The molecule has 0 aliphatic carbocycles. The summed E-state index contributed by atoms with van der Waals surface area (Å²) in [6.07, 6.45) is 1.74. The van der Waals surface area contributed by atoms with Gasteiger partial charge in [-0.1, -0.05) is 0 Å². The van der Waals surface area contributed by atoms with Crippen LogP contribution in [0.3, 0.4) is 0 Å². The van der Waals surface area contributed by atoms with Crippen molar-refractivity contribution in [2.24, 2.45) is 0 Å². The van der Waals surface area contributed by atoms with Gasteiger partial charge in [0.2, 0.25) is 0 Å². The molecule has 4 heteroatoms. The summed E-state index contributed by atoms with van der Waals surface area (Å²) in [6, 6.07) is 3.36. The normalized spacial score (nSPS) is 8.90. The van der Waals surface area contributed by atoms with Crippen molar-refractivity contribution in [1.29, 1.82) is 0 Å². The Morgan fingerprint density at radius 2 is 2.50 bits per heavy atom. The van der Waals surface area contributed by atoms with Gasteiger partial charge in [0.1, 0.15) is 5.82 Å². The average molecular weight is 139 g/mol. The van der Waals surface area contributed by atoms with Gasteiger partial charge >= 0.3 is 6.03 Å². The maximum absolute atomic E-state index is 10.6. The lowest BCUT2D eigenvalue weighted by Gasteiger charge is -1.98. The molecule has 0 unspecified atom stereocenters. The highest BCUT2D eigenvalue weighted by atomic mass is 16.2. The van der Waals surface area contributed by atoms with Crippen LogP contribution in [-0.4, -0.2) is 18.1 Å². The Labute approximate surface area is 58.6 Å². The topological polar surface area (TPSA) is 56.9 Å². The number of carbonyl (C=O) groups excluding carboxylic acids is 1. The predicted molar refractivity (Wildman–Crippen MR) is 38.9 cm³/mol. The number of aromatic amines is 1. The van der Waals surface area contributed by atoms with Crippen molar-refractivity contribution in [1.82, 2.24) is 10.3 Å². The van der Waals surface area contributed by atoms with E-state index in [1.54, 1.807) is 19.3 Å². The van der Waals surface area contributed by atoms with Gasteiger partial charge in [0.05, 0.1) is 0 Å². The van der Waals surface area contributed by atoms with Gasteiger partial charge < -0.3 is 10.3 Å². The van der Waals surface area contributed by atoms with Crippen LogP contribution in [0.1, 0.15) is 0 Å². The predicted octanol–water partition coefficient (Wildman–Crippen LogP) is 0.766. The van der Waals surface area contributed by atoms with Crippen LogP contribution in [-0.2, 0) is 0 Å². The standard InChI is InChI=1S/C6H9N3O/c1-7-6(10)9-5-3-2-4-8-5/h2-4,8H,1H3,(H2,7,9,10). The van der Waals surface area contributed by atoms with Crippen LogP contribution in [0.15, 0.2) is 18.3 Å². The van der Waals surface area contributed by atoms with Crippen LogP contribution >= 0.6 is 0 Å². The zero-order valence-corrected chi connectivity index (χ0v) is 5.64. The van der Waals surface area contributed by atoms with Crippen molar-refractivity contribution in [2.75, 3.05) is 12.4 Å².